The van der Waals surface area contributed by atoms with Crippen LogP contribution in [0.3, 0.4) is 0 Å². The summed E-state index contributed by atoms with van der Waals surface area (Å²) in [5.74, 6) is 0.00295. The third kappa shape index (κ3) is 4.65. The molecule has 0 radical (unpaired) electrons. The van der Waals surface area contributed by atoms with Gasteiger partial charge in [-0.25, -0.2) is 4.79 Å². The molecule has 0 saturated heterocycles. The van der Waals surface area contributed by atoms with Crippen LogP contribution in [-0.2, 0) is 6.54 Å². The van der Waals surface area contributed by atoms with E-state index in [2.05, 4.69) is 4.98 Å². The van der Waals surface area contributed by atoms with Gasteiger partial charge in [-0.15, -0.1) is 11.3 Å². The first kappa shape index (κ1) is 20.6. The maximum Gasteiger partial charge on any atom is 0.330 e. The lowest BCUT2D eigenvalue weighted by molar-refractivity contribution is 0.0989. The molecule has 0 atom stereocenters. The number of nitrogens with zero attached hydrogens (tertiary/aromatic N) is 2. The van der Waals surface area contributed by atoms with Crippen LogP contribution in [-0.4, -0.2) is 22.0 Å². The second-order valence-electron chi connectivity index (χ2n) is 7.18. The number of aromatic amines is 1. The van der Waals surface area contributed by atoms with Crippen LogP contribution in [0.1, 0.15) is 35.5 Å². The van der Waals surface area contributed by atoms with Crippen molar-refractivity contribution in [2.45, 2.75) is 26.8 Å². The summed E-state index contributed by atoms with van der Waals surface area (Å²) < 4.78 is 1.29. The van der Waals surface area contributed by atoms with Gasteiger partial charge in [0.05, 0.1) is 11.4 Å². The number of hydrogen-bond donors (Lipinski definition) is 2. The van der Waals surface area contributed by atoms with Crippen LogP contribution in [0, 0.1) is 5.92 Å². The Hall–Kier alpha value is -3.13. The zero-order valence-electron chi connectivity index (χ0n) is 16.4. The van der Waals surface area contributed by atoms with Crippen molar-refractivity contribution >= 4 is 28.7 Å². The van der Waals surface area contributed by atoms with Crippen molar-refractivity contribution in [2.75, 3.05) is 17.2 Å². The lowest BCUT2D eigenvalue weighted by atomic mass is 10.1. The lowest BCUT2D eigenvalue weighted by Gasteiger charge is -2.25. The minimum absolute atomic E-state index is 0.0135. The van der Waals surface area contributed by atoms with Gasteiger partial charge in [0.2, 0.25) is 0 Å². The van der Waals surface area contributed by atoms with E-state index >= 15 is 0 Å². The third-order valence-corrected chi connectivity index (χ3v) is 5.43. The monoisotopic (exact) mass is 412 g/mol. The van der Waals surface area contributed by atoms with Crippen LogP contribution in [0.15, 0.2) is 57.4 Å². The maximum atomic E-state index is 13.1. The first-order valence-electron chi connectivity index (χ1n) is 9.40. The van der Waals surface area contributed by atoms with Gasteiger partial charge in [0.15, 0.2) is 5.69 Å². The average Bonchev–Trinajstić information content (AvgIpc) is 3.22. The fraction of sp³-hybridized carbons (Fsp3) is 0.286. The number of carbonyl (C=O) groups is 1. The fourth-order valence-corrected chi connectivity index (χ4v) is 3.67. The van der Waals surface area contributed by atoms with E-state index in [4.69, 9.17) is 5.73 Å². The first-order valence-corrected chi connectivity index (χ1v) is 10.3. The minimum Gasteiger partial charge on any atom is -0.383 e. The highest BCUT2D eigenvalue weighted by molar-refractivity contribution is 7.12. The summed E-state index contributed by atoms with van der Waals surface area (Å²) in [4.78, 5) is 42.5. The van der Waals surface area contributed by atoms with Gasteiger partial charge in [-0.3, -0.25) is 24.0 Å². The summed E-state index contributed by atoms with van der Waals surface area (Å²) in [6, 6.07) is 12.8. The van der Waals surface area contributed by atoms with Gasteiger partial charge in [-0.2, -0.15) is 0 Å². The molecule has 1 aromatic carbocycles. The van der Waals surface area contributed by atoms with E-state index in [1.807, 2.05) is 44.2 Å². The zero-order valence-corrected chi connectivity index (χ0v) is 17.2. The Balaban J connectivity index is 2.09. The smallest absolute Gasteiger partial charge is 0.330 e. The van der Waals surface area contributed by atoms with Gasteiger partial charge in [0.25, 0.3) is 11.5 Å². The molecule has 2 heterocycles. The molecule has 3 rings (SSSR count). The molecule has 2 aromatic heterocycles. The highest BCUT2D eigenvalue weighted by Crippen LogP contribution is 2.23. The van der Waals surface area contributed by atoms with E-state index in [0.717, 1.165) is 5.56 Å². The normalized spacial score (nSPS) is 11.0. The number of thiophene rings is 1. The molecular weight excluding hydrogens is 388 g/mol. The van der Waals surface area contributed by atoms with Crippen LogP contribution in [0.25, 0.3) is 0 Å². The second-order valence-corrected chi connectivity index (χ2v) is 8.13. The summed E-state index contributed by atoms with van der Waals surface area (Å²) in [6.07, 6.45) is 0.688. The molecular formula is C21H24N4O3S. The van der Waals surface area contributed by atoms with E-state index in [1.54, 1.807) is 17.5 Å². The summed E-state index contributed by atoms with van der Waals surface area (Å²) in [7, 11) is 0. The maximum absolute atomic E-state index is 13.1. The number of H-pyrrole nitrogens is 1. The zero-order chi connectivity index (χ0) is 21.0. The number of benzene rings is 1. The molecule has 3 aromatic rings. The van der Waals surface area contributed by atoms with Crippen LogP contribution in [0.2, 0.25) is 0 Å². The Morgan fingerprint density at radius 1 is 1.17 bits per heavy atom. The van der Waals surface area contributed by atoms with E-state index in [-0.39, 0.29) is 24.0 Å². The van der Waals surface area contributed by atoms with Crippen molar-refractivity contribution in [3.05, 3.63) is 79.1 Å². The molecule has 0 bridgehead atoms. The molecule has 8 heteroatoms. The molecule has 0 aliphatic carbocycles. The molecule has 1 amide bonds. The summed E-state index contributed by atoms with van der Waals surface area (Å²) >= 11 is 1.30. The number of rotatable bonds is 7. The number of hydrogen-bond acceptors (Lipinski definition) is 5. The van der Waals surface area contributed by atoms with Crippen LogP contribution < -0.4 is 21.9 Å². The van der Waals surface area contributed by atoms with Gasteiger partial charge in [0.1, 0.15) is 5.82 Å². The van der Waals surface area contributed by atoms with Crippen molar-refractivity contribution in [2.24, 2.45) is 5.92 Å². The first-order chi connectivity index (χ1) is 13.9. The van der Waals surface area contributed by atoms with Crippen LogP contribution >= 0.6 is 11.3 Å². The molecule has 0 unspecified atom stereocenters. The standard InChI is InChI=1S/C21H24N4O3S/c1-14(2)10-11-24(20(27)16-9-6-12-29-16)17-18(22)25(21(28)23-19(17)26)13-15-7-4-3-5-8-15/h3-9,12,14H,10-11,13,22H2,1-2H3,(H,23,26,28). The molecule has 152 valence electrons. The molecule has 29 heavy (non-hydrogen) atoms. The van der Waals surface area contributed by atoms with Crippen molar-refractivity contribution in [3.8, 4) is 0 Å². The molecule has 0 fully saturated rings. The quantitative estimate of drug-likeness (QED) is 0.623. The van der Waals surface area contributed by atoms with Gasteiger partial charge >= 0.3 is 5.69 Å². The topological polar surface area (TPSA) is 101 Å². The van der Waals surface area contributed by atoms with Gasteiger partial charge in [-0.05, 0) is 29.3 Å². The largest absolute Gasteiger partial charge is 0.383 e. The number of nitrogen functional groups attached to an aromatic ring is 1. The van der Waals surface area contributed by atoms with Crippen LogP contribution in [0.5, 0.6) is 0 Å². The Kier molecular flexibility index (Phi) is 6.33. The molecule has 0 aliphatic heterocycles. The third-order valence-electron chi connectivity index (χ3n) is 4.57. The minimum atomic E-state index is -0.662. The van der Waals surface area contributed by atoms with Crippen molar-refractivity contribution in [1.29, 1.82) is 0 Å². The number of nitrogens with one attached hydrogen (secondary N) is 1. The Morgan fingerprint density at radius 2 is 1.90 bits per heavy atom. The number of anilines is 2. The molecule has 3 N–H and O–H groups in total. The highest BCUT2D eigenvalue weighted by atomic mass is 32.1. The number of carbonyl (C=O) groups excluding carboxylic acids is 1. The average molecular weight is 413 g/mol. The van der Waals surface area contributed by atoms with E-state index < -0.39 is 11.2 Å². The molecule has 7 nitrogen and oxygen atoms in total. The van der Waals surface area contributed by atoms with E-state index in [9.17, 15) is 14.4 Å². The van der Waals surface area contributed by atoms with Crippen molar-refractivity contribution in [3.63, 3.8) is 0 Å². The second kappa shape index (κ2) is 8.91. The van der Waals surface area contributed by atoms with E-state index in [0.29, 0.717) is 23.8 Å². The Labute approximate surface area is 172 Å². The summed E-state index contributed by atoms with van der Waals surface area (Å²) in [5, 5.41) is 1.80. The van der Waals surface area contributed by atoms with Crippen molar-refractivity contribution < 1.29 is 4.79 Å². The predicted molar refractivity (Wildman–Crippen MR) is 117 cm³/mol. The highest BCUT2D eigenvalue weighted by Gasteiger charge is 2.26. The predicted octanol–water partition coefficient (Wildman–Crippen LogP) is 2.92. The lowest BCUT2D eigenvalue weighted by Crippen LogP contribution is -2.41. The van der Waals surface area contributed by atoms with E-state index in [1.165, 1.54) is 20.8 Å². The molecule has 0 saturated carbocycles. The Bertz CT molecular complexity index is 1090. The molecule has 0 aliphatic rings. The number of nitrogens with two attached hydrogens (primary N) is 1. The SMILES string of the molecule is CC(C)CCN(C(=O)c1cccs1)c1c(N)n(Cc2ccccc2)c(=O)[nH]c1=O. The van der Waals surface area contributed by atoms with Gasteiger partial charge in [0, 0.05) is 6.54 Å². The molecule has 0 spiro atoms. The van der Waals surface area contributed by atoms with Crippen molar-refractivity contribution in [1.82, 2.24) is 9.55 Å². The number of amides is 1. The fourth-order valence-electron chi connectivity index (χ4n) is 3.00. The van der Waals surface area contributed by atoms with Gasteiger partial charge < -0.3 is 5.73 Å². The number of aromatic nitrogens is 2. The summed E-state index contributed by atoms with van der Waals surface area (Å²) in [5.41, 5.74) is 5.89. The van der Waals surface area contributed by atoms with Crippen LogP contribution in [0.4, 0.5) is 11.5 Å². The summed E-state index contributed by atoms with van der Waals surface area (Å²) in [6.45, 7) is 4.60. The van der Waals surface area contributed by atoms with Gasteiger partial charge in [-0.1, -0.05) is 50.2 Å². The Morgan fingerprint density at radius 3 is 2.52 bits per heavy atom.